The van der Waals surface area contributed by atoms with Crippen LogP contribution in [0.4, 0.5) is 0 Å². The van der Waals surface area contributed by atoms with E-state index in [1.165, 1.54) is 24.3 Å². The van der Waals surface area contributed by atoms with Crippen LogP contribution < -0.4 is 10.0 Å². The number of rotatable bonds is 7. The van der Waals surface area contributed by atoms with E-state index in [9.17, 15) is 13.2 Å². The number of hydrogen-bond donors (Lipinski definition) is 2. The summed E-state index contributed by atoms with van der Waals surface area (Å²) in [4.78, 5) is 20.1. The number of nitrogens with zero attached hydrogens (tertiary/aromatic N) is 2. The monoisotopic (exact) mass is 382 g/mol. The molecule has 0 aliphatic rings. The highest BCUT2D eigenvalue weighted by molar-refractivity contribution is 7.89. The van der Waals surface area contributed by atoms with Gasteiger partial charge in [-0.2, -0.15) is 0 Å². The Kier molecular flexibility index (Phi) is 5.90. The van der Waals surface area contributed by atoms with E-state index in [1.54, 1.807) is 36.9 Å². The van der Waals surface area contributed by atoms with Crippen LogP contribution in [0.2, 0.25) is 0 Å². The van der Waals surface area contributed by atoms with E-state index >= 15 is 0 Å². The van der Waals surface area contributed by atoms with Gasteiger partial charge in [-0.15, -0.1) is 0 Å². The number of hydrogen-bond acceptors (Lipinski definition) is 5. The maximum absolute atomic E-state index is 12.4. The average Bonchev–Trinajstić information content (AvgIpc) is 2.72. The van der Waals surface area contributed by atoms with Gasteiger partial charge in [-0.25, -0.2) is 13.1 Å². The minimum absolute atomic E-state index is 0.0993. The third-order valence-corrected chi connectivity index (χ3v) is 5.26. The number of pyridine rings is 2. The molecule has 0 spiro atoms. The Morgan fingerprint density at radius 3 is 1.85 bits per heavy atom. The van der Waals surface area contributed by atoms with Crippen molar-refractivity contribution in [2.45, 2.75) is 18.0 Å². The average molecular weight is 382 g/mol. The topological polar surface area (TPSA) is 101 Å². The number of carbonyl (C=O) groups is 1. The minimum Gasteiger partial charge on any atom is -0.348 e. The highest BCUT2D eigenvalue weighted by atomic mass is 32.2. The summed E-state index contributed by atoms with van der Waals surface area (Å²) in [6.07, 6.45) is 6.51. The first-order valence-electron chi connectivity index (χ1n) is 8.20. The normalized spacial score (nSPS) is 11.1. The molecule has 1 aromatic carbocycles. The summed E-state index contributed by atoms with van der Waals surface area (Å²) in [5.74, 6) is -0.277. The molecule has 0 bridgehead atoms. The van der Waals surface area contributed by atoms with Crippen molar-refractivity contribution in [2.75, 3.05) is 0 Å². The van der Waals surface area contributed by atoms with Crippen LogP contribution >= 0.6 is 0 Å². The molecule has 27 heavy (non-hydrogen) atoms. The number of benzene rings is 1. The van der Waals surface area contributed by atoms with Crippen LogP contribution in [0, 0.1) is 0 Å². The van der Waals surface area contributed by atoms with E-state index in [2.05, 4.69) is 20.0 Å². The standard InChI is InChI=1S/C19H18N4O3S/c24-19(22-13-15-5-9-20-10-6-15)17-1-3-18(4-2-17)27(25,26)23-14-16-7-11-21-12-8-16/h1-12,23H,13-14H2,(H,22,24). The molecule has 2 N–H and O–H groups in total. The van der Waals surface area contributed by atoms with E-state index in [0.717, 1.165) is 11.1 Å². The fourth-order valence-corrected chi connectivity index (χ4v) is 3.35. The van der Waals surface area contributed by atoms with Crippen LogP contribution in [0.15, 0.2) is 78.2 Å². The van der Waals surface area contributed by atoms with Gasteiger partial charge in [-0.3, -0.25) is 14.8 Å². The molecule has 3 aromatic rings. The van der Waals surface area contributed by atoms with Gasteiger partial charge in [0.25, 0.3) is 5.91 Å². The second-order valence-electron chi connectivity index (χ2n) is 5.74. The molecule has 2 aromatic heterocycles. The van der Waals surface area contributed by atoms with Gasteiger partial charge in [0.05, 0.1) is 4.90 Å². The summed E-state index contributed by atoms with van der Waals surface area (Å²) in [5.41, 5.74) is 2.12. The van der Waals surface area contributed by atoms with Crippen LogP contribution in [0.25, 0.3) is 0 Å². The maximum atomic E-state index is 12.4. The van der Waals surface area contributed by atoms with E-state index in [1.807, 2.05) is 12.1 Å². The molecule has 0 radical (unpaired) electrons. The molecule has 0 unspecified atom stereocenters. The third-order valence-electron chi connectivity index (χ3n) is 3.84. The lowest BCUT2D eigenvalue weighted by molar-refractivity contribution is 0.0951. The predicted octanol–water partition coefficient (Wildman–Crippen LogP) is 1.89. The van der Waals surface area contributed by atoms with Crippen molar-refractivity contribution in [3.05, 3.63) is 90.0 Å². The van der Waals surface area contributed by atoms with Crippen molar-refractivity contribution in [3.63, 3.8) is 0 Å². The van der Waals surface area contributed by atoms with Crippen molar-refractivity contribution in [1.29, 1.82) is 0 Å². The van der Waals surface area contributed by atoms with E-state index in [4.69, 9.17) is 0 Å². The lowest BCUT2D eigenvalue weighted by Crippen LogP contribution is -2.24. The van der Waals surface area contributed by atoms with Crippen LogP contribution in [0.3, 0.4) is 0 Å². The van der Waals surface area contributed by atoms with Gasteiger partial charge in [-0.1, -0.05) is 0 Å². The molecule has 0 aliphatic heterocycles. The molecule has 2 heterocycles. The predicted molar refractivity (Wildman–Crippen MR) is 100 cm³/mol. The number of amides is 1. The van der Waals surface area contributed by atoms with Gasteiger partial charge in [0.2, 0.25) is 10.0 Å². The summed E-state index contributed by atoms with van der Waals surface area (Å²) in [6.45, 7) is 0.536. The number of aromatic nitrogens is 2. The molecule has 1 amide bonds. The van der Waals surface area contributed by atoms with Crippen LogP contribution in [0.5, 0.6) is 0 Å². The Morgan fingerprint density at radius 2 is 1.30 bits per heavy atom. The highest BCUT2D eigenvalue weighted by Crippen LogP contribution is 2.11. The SMILES string of the molecule is O=C(NCc1ccncc1)c1ccc(S(=O)(=O)NCc2ccncc2)cc1. The lowest BCUT2D eigenvalue weighted by Gasteiger charge is -2.08. The fourth-order valence-electron chi connectivity index (χ4n) is 2.33. The van der Waals surface area contributed by atoms with E-state index in [0.29, 0.717) is 12.1 Å². The second-order valence-corrected chi connectivity index (χ2v) is 7.51. The zero-order chi connectivity index (χ0) is 19.1. The Bertz CT molecular complexity index is 992. The van der Waals surface area contributed by atoms with Crippen molar-refractivity contribution in [3.8, 4) is 0 Å². The molecule has 3 rings (SSSR count). The van der Waals surface area contributed by atoms with Crippen molar-refractivity contribution < 1.29 is 13.2 Å². The summed E-state index contributed by atoms with van der Waals surface area (Å²) < 4.78 is 27.3. The van der Waals surface area contributed by atoms with Crippen molar-refractivity contribution in [1.82, 2.24) is 20.0 Å². The summed E-state index contributed by atoms with van der Waals surface area (Å²) in [6, 6.07) is 12.9. The second kappa shape index (κ2) is 8.52. The molecule has 0 atom stereocenters. The van der Waals surface area contributed by atoms with Gasteiger partial charge in [0, 0.05) is 43.4 Å². The van der Waals surface area contributed by atoms with Crippen LogP contribution in [-0.4, -0.2) is 24.3 Å². The number of carbonyl (C=O) groups excluding carboxylic acids is 1. The Balaban J connectivity index is 1.61. The molecular weight excluding hydrogens is 364 g/mol. The Morgan fingerprint density at radius 1 is 0.778 bits per heavy atom. The van der Waals surface area contributed by atoms with Gasteiger partial charge in [-0.05, 0) is 59.7 Å². The van der Waals surface area contributed by atoms with Crippen LogP contribution in [0.1, 0.15) is 21.5 Å². The van der Waals surface area contributed by atoms with Gasteiger partial charge < -0.3 is 5.32 Å². The van der Waals surface area contributed by atoms with Crippen molar-refractivity contribution in [2.24, 2.45) is 0 Å². The first-order chi connectivity index (χ1) is 13.0. The number of sulfonamides is 1. The molecule has 0 saturated heterocycles. The smallest absolute Gasteiger partial charge is 0.251 e. The molecule has 8 heteroatoms. The van der Waals surface area contributed by atoms with Gasteiger partial charge in [0.15, 0.2) is 0 Å². The van der Waals surface area contributed by atoms with Crippen molar-refractivity contribution >= 4 is 15.9 Å². The fraction of sp³-hybridized carbons (Fsp3) is 0.105. The first-order valence-corrected chi connectivity index (χ1v) is 9.69. The van der Waals surface area contributed by atoms with Gasteiger partial charge >= 0.3 is 0 Å². The number of nitrogens with one attached hydrogen (secondary N) is 2. The Labute approximate surface area is 157 Å². The zero-order valence-electron chi connectivity index (χ0n) is 14.4. The third kappa shape index (κ3) is 5.19. The summed E-state index contributed by atoms with van der Waals surface area (Å²) in [5, 5.41) is 2.78. The molecule has 0 fully saturated rings. The largest absolute Gasteiger partial charge is 0.348 e. The summed E-state index contributed by atoms with van der Waals surface area (Å²) in [7, 11) is -3.67. The van der Waals surface area contributed by atoms with E-state index in [-0.39, 0.29) is 17.3 Å². The molecule has 7 nitrogen and oxygen atoms in total. The maximum Gasteiger partial charge on any atom is 0.251 e. The quantitative estimate of drug-likeness (QED) is 0.650. The van der Waals surface area contributed by atoms with Crippen LogP contribution in [-0.2, 0) is 23.1 Å². The lowest BCUT2D eigenvalue weighted by atomic mass is 10.2. The minimum atomic E-state index is -3.67. The molecule has 0 aliphatic carbocycles. The van der Waals surface area contributed by atoms with E-state index < -0.39 is 10.0 Å². The first kappa shape index (κ1) is 18.7. The zero-order valence-corrected chi connectivity index (χ0v) is 15.2. The molecule has 138 valence electrons. The summed E-state index contributed by atoms with van der Waals surface area (Å²) >= 11 is 0. The van der Waals surface area contributed by atoms with Gasteiger partial charge in [0.1, 0.15) is 0 Å². The highest BCUT2D eigenvalue weighted by Gasteiger charge is 2.14. The molecule has 0 saturated carbocycles. The Hall–Kier alpha value is -3.10. The molecular formula is C19H18N4O3S.